The minimum Gasteiger partial charge on any atom is -0.405 e. The van der Waals surface area contributed by atoms with Crippen LogP contribution in [0.3, 0.4) is 0 Å². The Hall–Kier alpha value is -2.04. The normalized spacial score (nSPS) is 14.6. The fourth-order valence-corrected chi connectivity index (χ4v) is 1.96. The van der Waals surface area contributed by atoms with Gasteiger partial charge in [-0.05, 0) is 18.9 Å². The molecule has 1 aliphatic rings. The first-order valence-corrected chi connectivity index (χ1v) is 5.53. The van der Waals surface area contributed by atoms with Gasteiger partial charge in [-0.1, -0.05) is 13.5 Å². The number of carbonyl (C=O) groups excluding carboxylic acids is 1. The van der Waals surface area contributed by atoms with Gasteiger partial charge in [0.1, 0.15) is 11.4 Å². The van der Waals surface area contributed by atoms with E-state index in [9.17, 15) is 9.59 Å². The average molecular weight is 234 g/mol. The average Bonchev–Trinajstić information content (AvgIpc) is 2.27. The maximum absolute atomic E-state index is 11.9. The molecule has 1 amide bonds. The van der Waals surface area contributed by atoms with Gasteiger partial charge in [-0.25, -0.2) is 4.79 Å². The topological polar surface area (TPSA) is 62.6 Å². The summed E-state index contributed by atoms with van der Waals surface area (Å²) >= 11 is 0. The number of rotatable bonds is 2. The van der Waals surface area contributed by atoms with E-state index in [0.29, 0.717) is 35.8 Å². The molecule has 2 rings (SSSR count). The highest BCUT2D eigenvalue weighted by molar-refractivity contribution is 6.03. The Kier molecular flexibility index (Phi) is 2.75. The van der Waals surface area contributed by atoms with E-state index in [4.69, 9.17) is 4.42 Å². The minimum atomic E-state index is -0.443. The third-order valence-corrected chi connectivity index (χ3v) is 2.78. The molecular weight excluding hydrogens is 220 g/mol. The molecule has 1 aromatic rings. The van der Waals surface area contributed by atoms with Gasteiger partial charge in [0, 0.05) is 12.6 Å². The molecule has 1 N–H and O–H groups in total. The molecule has 5 nitrogen and oxygen atoms in total. The predicted molar refractivity (Wildman–Crippen MR) is 64.0 cm³/mol. The molecule has 0 saturated carbocycles. The molecule has 1 aliphatic heterocycles. The molecule has 0 radical (unpaired) electrons. The Morgan fingerprint density at radius 2 is 2.12 bits per heavy atom. The first kappa shape index (κ1) is 11.4. The second-order valence-electron chi connectivity index (χ2n) is 3.77. The number of hydrogen-bond donors (Lipinski definition) is 1. The van der Waals surface area contributed by atoms with Crippen molar-refractivity contribution < 1.29 is 9.21 Å². The van der Waals surface area contributed by atoms with Crippen LogP contribution in [-0.4, -0.2) is 12.5 Å². The number of nitrogens with one attached hydrogen (secondary N) is 1. The van der Waals surface area contributed by atoms with Gasteiger partial charge < -0.3 is 9.73 Å². The van der Waals surface area contributed by atoms with E-state index in [1.54, 1.807) is 4.90 Å². The summed E-state index contributed by atoms with van der Waals surface area (Å²) in [6.07, 6.45) is 0.603. The molecule has 0 spiro atoms. The summed E-state index contributed by atoms with van der Waals surface area (Å²) in [7, 11) is 0. The molecule has 0 aromatic carbocycles. The van der Waals surface area contributed by atoms with Gasteiger partial charge in [0.2, 0.25) is 5.88 Å². The highest BCUT2D eigenvalue weighted by atomic mass is 16.4. The van der Waals surface area contributed by atoms with Gasteiger partial charge in [0.15, 0.2) is 0 Å². The van der Waals surface area contributed by atoms with Crippen molar-refractivity contribution in [1.82, 2.24) is 5.32 Å². The molecule has 5 heteroatoms. The third kappa shape index (κ3) is 1.73. The van der Waals surface area contributed by atoms with Crippen LogP contribution in [-0.2, 0) is 6.42 Å². The van der Waals surface area contributed by atoms with Crippen molar-refractivity contribution >= 4 is 11.8 Å². The first-order chi connectivity index (χ1) is 8.08. The van der Waals surface area contributed by atoms with E-state index in [2.05, 4.69) is 11.9 Å². The van der Waals surface area contributed by atoms with Crippen LogP contribution < -0.4 is 15.8 Å². The van der Waals surface area contributed by atoms with Crippen molar-refractivity contribution in [3.8, 4) is 0 Å². The molecule has 0 bridgehead atoms. The Bertz CT molecular complexity index is 545. The zero-order chi connectivity index (χ0) is 12.6. The molecule has 0 saturated heterocycles. The van der Waals surface area contributed by atoms with Crippen LogP contribution in [0.25, 0.3) is 0 Å². The second-order valence-corrected chi connectivity index (χ2v) is 3.77. The van der Waals surface area contributed by atoms with Crippen LogP contribution in [0.2, 0.25) is 0 Å². The van der Waals surface area contributed by atoms with Gasteiger partial charge in [-0.3, -0.25) is 9.69 Å². The summed E-state index contributed by atoms with van der Waals surface area (Å²) in [6, 6.07) is 1.36. The van der Waals surface area contributed by atoms with Crippen molar-refractivity contribution in [2.24, 2.45) is 0 Å². The van der Waals surface area contributed by atoms with Gasteiger partial charge in [0.25, 0.3) is 5.91 Å². The summed E-state index contributed by atoms with van der Waals surface area (Å²) in [5, 5.41) is 2.66. The van der Waals surface area contributed by atoms with E-state index in [0.717, 1.165) is 0 Å². The molecule has 0 aliphatic carbocycles. The molecule has 0 fully saturated rings. The van der Waals surface area contributed by atoms with E-state index in [1.165, 1.54) is 6.07 Å². The van der Waals surface area contributed by atoms with Crippen LogP contribution in [0, 0.1) is 0 Å². The van der Waals surface area contributed by atoms with Crippen LogP contribution >= 0.6 is 0 Å². The number of fused-ring (bicyclic) bond motifs is 1. The molecule has 0 atom stereocenters. The van der Waals surface area contributed by atoms with Crippen molar-refractivity contribution in [2.75, 3.05) is 11.4 Å². The quantitative estimate of drug-likeness (QED) is 0.836. The lowest BCUT2D eigenvalue weighted by atomic mass is 10.1. The highest BCUT2D eigenvalue weighted by Crippen LogP contribution is 2.28. The largest absolute Gasteiger partial charge is 0.405 e. The number of hydrogen-bond acceptors (Lipinski definition) is 4. The van der Waals surface area contributed by atoms with E-state index >= 15 is 0 Å². The van der Waals surface area contributed by atoms with Crippen molar-refractivity contribution in [1.29, 1.82) is 0 Å². The fraction of sp³-hybridized carbons (Fsp3) is 0.333. The van der Waals surface area contributed by atoms with Gasteiger partial charge >= 0.3 is 5.63 Å². The van der Waals surface area contributed by atoms with Crippen molar-refractivity contribution in [3.05, 3.63) is 40.0 Å². The first-order valence-electron chi connectivity index (χ1n) is 5.53. The number of anilines is 1. The fourth-order valence-electron chi connectivity index (χ4n) is 1.96. The second kappa shape index (κ2) is 4.08. The molecular formula is C12H14N2O3. The zero-order valence-corrected chi connectivity index (χ0v) is 9.87. The monoisotopic (exact) mass is 234 g/mol. The molecule has 0 unspecified atom stereocenters. The maximum Gasteiger partial charge on any atom is 0.337 e. The van der Waals surface area contributed by atoms with Gasteiger partial charge in [0.05, 0.1) is 0 Å². The van der Waals surface area contributed by atoms with Crippen LogP contribution in [0.1, 0.15) is 29.8 Å². The van der Waals surface area contributed by atoms with Crippen LogP contribution in [0.15, 0.2) is 27.7 Å². The summed E-state index contributed by atoms with van der Waals surface area (Å²) in [5.41, 5.74) is 0.683. The van der Waals surface area contributed by atoms with E-state index < -0.39 is 5.63 Å². The number of carbonyl (C=O) groups is 1. The SMILES string of the molecule is C=C1NC(=O)c2c(CC)cc(=O)oc2N1CC. The summed E-state index contributed by atoms with van der Waals surface area (Å²) in [4.78, 5) is 25.0. The van der Waals surface area contributed by atoms with Crippen molar-refractivity contribution in [3.63, 3.8) is 0 Å². The van der Waals surface area contributed by atoms with E-state index in [-0.39, 0.29) is 5.91 Å². The number of nitrogens with zero attached hydrogens (tertiary/aromatic N) is 1. The standard InChI is InChI=1S/C12H14N2O3/c1-4-8-6-9(15)17-12-10(8)11(16)13-7(3)14(12)5-2/h6H,3-5H2,1-2H3,(H,13,16). The summed E-state index contributed by atoms with van der Waals surface area (Å²) < 4.78 is 5.14. The molecule has 90 valence electrons. The molecule has 17 heavy (non-hydrogen) atoms. The minimum absolute atomic E-state index is 0.268. The highest BCUT2D eigenvalue weighted by Gasteiger charge is 2.29. The Morgan fingerprint density at radius 3 is 2.71 bits per heavy atom. The number of aryl methyl sites for hydroxylation is 1. The molecule has 2 heterocycles. The summed E-state index contributed by atoms with van der Waals surface area (Å²) in [5.74, 6) is 0.460. The van der Waals surface area contributed by atoms with Gasteiger partial charge in [-0.2, -0.15) is 0 Å². The maximum atomic E-state index is 11.9. The number of amides is 1. The Labute approximate surface area is 98.7 Å². The van der Waals surface area contributed by atoms with Crippen molar-refractivity contribution in [2.45, 2.75) is 20.3 Å². The zero-order valence-electron chi connectivity index (χ0n) is 9.87. The smallest absolute Gasteiger partial charge is 0.337 e. The predicted octanol–water partition coefficient (Wildman–Crippen LogP) is 1.24. The van der Waals surface area contributed by atoms with Crippen LogP contribution in [0.5, 0.6) is 0 Å². The molecule has 1 aromatic heterocycles. The Balaban J connectivity index is 2.73. The lowest BCUT2D eigenvalue weighted by molar-refractivity contribution is 0.0956. The Morgan fingerprint density at radius 1 is 1.41 bits per heavy atom. The van der Waals surface area contributed by atoms with Crippen LogP contribution in [0.4, 0.5) is 5.88 Å². The third-order valence-electron chi connectivity index (χ3n) is 2.78. The lowest BCUT2D eigenvalue weighted by Gasteiger charge is -2.30. The van der Waals surface area contributed by atoms with Gasteiger partial charge in [-0.15, -0.1) is 0 Å². The lowest BCUT2D eigenvalue weighted by Crippen LogP contribution is -2.41. The van der Waals surface area contributed by atoms with E-state index in [1.807, 2.05) is 13.8 Å². The summed E-state index contributed by atoms with van der Waals surface area (Å²) in [6.45, 7) is 8.09.